The van der Waals surface area contributed by atoms with Crippen molar-refractivity contribution in [3.63, 3.8) is 0 Å². The van der Waals surface area contributed by atoms with Crippen molar-refractivity contribution >= 4 is 23.1 Å². The van der Waals surface area contributed by atoms with E-state index in [0.717, 1.165) is 56.7 Å². The lowest BCUT2D eigenvalue weighted by atomic mass is 10.0. The molecule has 0 saturated carbocycles. The molecule has 0 aliphatic carbocycles. The molecule has 6 nitrogen and oxygen atoms in total. The molecule has 0 bridgehead atoms. The summed E-state index contributed by atoms with van der Waals surface area (Å²) in [4.78, 5) is 30.0. The summed E-state index contributed by atoms with van der Waals surface area (Å²) in [6.45, 7) is 4.09. The summed E-state index contributed by atoms with van der Waals surface area (Å²) in [7, 11) is 4.12. The summed E-state index contributed by atoms with van der Waals surface area (Å²) in [6, 6.07) is 16.4. The molecule has 1 fully saturated rings. The SMILES string of the molecule is CN(C)c1ccccc1CCCCC(=O)c1ccc(N2CCN(CCC(=O)O)CC2)cc1. The second-order valence-corrected chi connectivity index (χ2v) is 8.67. The zero-order chi connectivity index (χ0) is 22.9. The number of carboxylic acid groups (broad SMARTS) is 1. The number of hydrogen-bond acceptors (Lipinski definition) is 5. The first kappa shape index (κ1) is 23.8. The molecule has 0 amide bonds. The van der Waals surface area contributed by atoms with E-state index in [-0.39, 0.29) is 12.2 Å². The van der Waals surface area contributed by atoms with E-state index in [1.54, 1.807) is 0 Å². The number of aliphatic carboxylic acids is 1. The third-order valence-electron chi connectivity index (χ3n) is 6.14. The number of carboxylic acids is 1. The maximum atomic E-state index is 12.6. The fourth-order valence-corrected chi connectivity index (χ4v) is 4.25. The molecule has 0 atom stereocenters. The number of ketones is 1. The fraction of sp³-hybridized carbons (Fsp3) is 0.462. The summed E-state index contributed by atoms with van der Waals surface area (Å²) in [5, 5.41) is 8.83. The zero-order valence-electron chi connectivity index (χ0n) is 19.3. The van der Waals surface area contributed by atoms with Gasteiger partial charge in [0.1, 0.15) is 0 Å². The second-order valence-electron chi connectivity index (χ2n) is 8.67. The van der Waals surface area contributed by atoms with Gasteiger partial charge in [-0.3, -0.25) is 14.5 Å². The van der Waals surface area contributed by atoms with Crippen molar-refractivity contribution in [3.05, 3.63) is 59.7 Å². The number of carbonyl (C=O) groups excluding carboxylic acids is 1. The molecule has 0 spiro atoms. The van der Waals surface area contributed by atoms with Gasteiger partial charge < -0.3 is 14.9 Å². The Hall–Kier alpha value is -2.86. The number of rotatable bonds is 11. The average molecular weight is 438 g/mol. The van der Waals surface area contributed by atoms with Gasteiger partial charge in [0.2, 0.25) is 0 Å². The number of hydrogen-bond donors (Lipinski definition) is 1. The summed E-state index contributed by atoms with van der Waals surface area (Å²) in [6.07, 6.45) is 3.64. The number of para-hydroxylation sites is 1. The van der Waals surface area contributed by atoms with Crippen LogP contribution in [-0.4, -0.2) is 68.6 Å². The first-order valence-corrected chi connectivity index (χ1v) is 11.5. The van der Waals surface area contributed by atoms with Crippen molar-refractivity contribution in [3.8, 4) is 0 Å². The first-order valence-electron chi connectivity index (χ1n) is 11.5. The van der Waals surface area contributed by atoms with E-state index in [9.17, 15) is 9.59 Å². The zero-order valence-corrected chi connectivity index (χ0v) is 19.3. The van der Waals surface area contributed by atoms with Gasteiger partial charge in [-0.25, -0.2) is 0 Å². The molecule has 0 radical (unpaired) electrons. The highest BCUT2D eigenvalue weighted by molar-refractivity contribution is 5.96. The van der Waals surface area contributed by atoms with Crippen LogP contribution >= 0.6 is 0 Å². The van der Waals surface area contributed by atoms with E-state index in [1.165, 1.54) is 11.3 Å². The Morgan fingerprint density at radius 3 is 2.25 bits per heavy atom. The molecule has 1 heterocycles. The topological polar surface area (TPSA) is 64.1 Å². The van der Waals surface area contributed by atoms with Crippen LogP contribution in [0, 0.1) is 0 Å². The van der Waals surface area contributed by atoms with E-state index in [0.29, 0.717) is 13.0 Å². The minimum atomic E-state index is -0.744. The summed E-state index contributed by atoms with van der Waals surface area (Å²) < 4.78 is 0. The number of anilines is 2. The summed E-state index contributed by atoms with van der Waals surface area (Å²) in [5.74, 6) is -0.540. The van der Waals surface area contributed by atoms with Gasteiger partial charge in [0.25, 0.3) is 0 Å². The Labute approximate surface area is 191 Å². The maximum absolute atomic E-state index is 12.6. The number of unbranched alkanes of at least 4 members (excludes halogenated alkanes) is 1. The molecular weight excluding hydrogens is 402 g/mol. The highest BCUT2D eigenvalue weighted by Gasteiger charge is 2.18. The van der Waals surface area contributed by atoms with Crippen LogP contribution in [0.3, 0.4) is 0 Å². The number of Topliss-reactive ketones (excluding diaryl/α,β-unsaturated/α-hetero) is 1. The normalized spacial score (nSPS) is 14.4. The smallest absolute Gasteiger partial charge is 0.304 e. The highest BCUT2D eigenvalue weighted by Crippen LogP contribution is 2.21. The molecule has 2 aromatic rings. The lowest BCUT2D eigenvalue weighted by molar-refractivity contribution is -0.137. The third kappa shape index (κ3) is 6.82. The van der Waals surface area contributed by atoms with Crippen LogP contribution < -0.4 is 9.80 Å². The van der Waals surface area contributed by atoms with Gasteiger partial charge in [0.15, 0.2) is 5.78 Å². The van der Waals surface area contributed by atoms with Gasteiger partial charge in [-0.15, -0.1) is 0 Å². The van der Waals surface area contributed by atoms with Crippen molar-refractivity contribution in [1.29, 1.82) is 0 Å². The number of carbonyl (C=O) groups is 2. The fourth-order valence-electron chi connectivity index (χ4n) is 4.25. The van der Waals surface area contributed by atoms with E-state index in [2.05, 4.69) is 53.1 Å². The van der Waals surface area contributed by atoms with Gasteiger partial charge in [0.05, 0.1) is 6.42 Å². The molecular formula is C26H35N3O3. The number of piperazine rings is 1. The lowest BCUT2D eigenvalue weighted by Gasteiger charge is -2.35. The van der Waals surface area contributed by atoms with Crippen molar-refractivity contribution in [2.45, 2.75) is 32.1 Å². The molecule has 32 heavy (non-hydrogen) atoms. The van der Waals surface area contributed by atoms with Gasteiger partial charge in [0, 0.05) is 70.2 Å². The van der Waals surface area contributed by atoms with Crippen LogP contribution in [0.15, 0.2) is 48.5 Å². The predicted molar refractivity (Wildman–Crippen MR) is 130 cm³/mol. The van der Waals surface area contributed by atoms with E-state index in [1.807, 2.05) is 24.3 Å². The van der Waals surface area contributed by atoms with Crippen LogP contribution in [0.5, 0.6) is 0 Å². The molecule has 3 rings (SSSR count). The highest BCUT2D eigenvalue weighted by atomic mass is 16.4. The molecule has 6 heteroatoms. The lowest BCUT2D eigenvalue weighted by Crippen LogP contribution is -2.46. The summed E-state index contributed by atoms with van der Waals surface area (Å²) in [5.41, 5.74) is 4.48. The number of benzene rings is 2. The molecule has 1 aliphatic heterocycles. The Bertz CT molecular complexity index is 887. The minimum Gasteiger partial charge on any atom is -0.481 e. The Balaban J connectivity index is 1.42. The molecule has 0 aromatic heterocycles. The van der Waals surface area contributed by atoms with Crippen LogP contribution in [0.4, 0.5) is 11.4 Å². The monoisotopic (exact) mass is 437 g/mol. The molecule has 1 N–H and O–H groups in total. The molecule has 172 valence electrons. The standard InChI is InChI=1S/C26H35N3O3/c1-27(2)24-9-5-3-7-21(24)8-4-6-10-25(30)22-11-13-23(14-12-22)29-19-17-28(18-20-29)16-15-26(31)32/h3,5,7,9,11-14H,4,6,8,10,15-20H2,1-2H3,(H,31,32). The van der Waals surface area contributed by atoms with Crippen molar-refractivity contribution in [2.75, 3.05) is 56.6 Å². The summed E-state index contributed by atoms with van der Waals surface area (Å²) >= 11 is 0. The molecule has 1 aliphatic rings. The molecule has 2 aromatic carbocycles. The Morgan fingerprint density at radius 2 is 1.59 bits per heavy atom. The Morgan fingerprint density at radius 1 is 0.906 bits per heavy atom. The third-order valence-corrected chi connectivity index (χ3v) is 6.14. The van der Waals surface area contributed by atoms with Crippen molar-refractivity contribution in [1.82, 2.24) is 4.90 Å². The van der Waals surface area contributed by atoms with E-state index >= 15 is 0 Å². The van der Waals surface area contributed by atoms with Crippen LogP contribution in [-0.2, 0) is 11.2 Å². The van der Waals surface area contributed by atoms with E-state index in [4.69, 9.17) is 5.11 Å². The number of aryl methyl sites for hydroxylation is 1. The van der Waals surface area contributed by atoms with Crippen molar-refractivity contribution in [2.24, 2.45) is 0 Å². The maximum Gasteiger partial charge on any atom is 0.304 e. The van der Waals surface area contributed by atoms with Gasteiger partial charge in [-0.05, 0) is 55.2 Å². The van der Waals surface area contributed by atoms with Crippen molar-refractivity contribution < 1.29 is 14.7 Å². The van der Waals surface area contributed by atoms with Gasteiger partial charge in [-0.2, -0.15) is 0 Å². The quantitative estimate of drug-likeness (QED) is 0.424. The van der Waals surface area contributed by atoms with Gasteiger partial charge >= 0.3 is 5.97 Å². The van der Waals surface area contributed by atoms with E-state index < -0.39 is 5.97 Å². The minimum absolute atomic E-state index is 0.193. The first-order chi connectivity index (χ1) is 15.4. The van der Waals surface area contributed by atoms with Crippen LogP contribution in [0.25, 0.3) is 0 Å². The number of nitrogens with zero attached hydrogens (tertiary/aromatic N) is 3. The predicted octanol–water partition coefficient (Wildman–Crippen LogP) is 3.95. The van der Waals surface area contributed by atoms with Gasteiger partial charge in [-0.1, -0.05) is 18.2 Å². The Kier molecular flexibility index (Phi) is 8.68. The average Bonchev–Trinajstić information content (AvgIpc) is 2.81. The second kappa shape index (κ2) is 11.7. The largest absolute Gasteiger partial charge is 0.481 e. The molecule has 1 saturated heterocycles. The van der Waals surface area contributed by atoms with Crippen LogP contribution in [0.1, 0.15) is 41.6 Å². The molecule has 0 unspecified atom stereocenters. The van der Waals surface area contributed by atoms with Crippen LogP contribution in [0.2, 0.25) is 0 Å².